The van der Waals surface area contributed by atoms with E-state index in [2.05, 4.69) is 9.72 Å². The Labute approximate surface area is 177 Å². The number of ether oxygens (including phenoxy) is 1. The molecule has 0 spiro atoms. The van der Waals surface area contributed by atoms with Gasteiger partial charge in [-0.1, -0.05) is 11.6 Å². The monoisotopic (exact) mass is 447 g/mol. The lowest BCUT2D eigenvalue weighted by Gasteiger charge is -2.12. The first-order valence-corrected chi connectivity index (χ1v) is 10.9. The summed E-state index contributed by atoms with van der Waals surface area (Å²) in [4.78, 5) is 15.5. The number of carbonyl (C=O) groups is 1. The lowest BCUT2D eigenvalue weighted by atomic mass is 10.2. The summed E-state index contributed by atoms with van der Waals surface area (Å²) in [5.74, 6) is -0.350. The van der Waals surface area contributed by atoms with Crippen molar-refractivity contribution in [1.29, 1.82) is 0 Å². The van der Waals surface area contributed by atoms with Gasteiger partial charge in [-0.3, -0.25) is 4.79 Å². The Hall–Kier alpha value is -3.04. The number of aryl methyl sites for hydroxylation is 1. The fourth-order valence-corrected chi connectivity index (χ4v) is 5.15. The fraction of sp³-hybridized carbons (Fsp3) is 0.200. The number of aromatic nitrogens is 2. The number of benzene rings is 2. The highest BCUT2D eigenvalue weighted by Gasteiger charge is 2.24. The summed E-state index contributed by atoms with van der Waals surface area (Å²) in [5.41, 5.74) is 7.34. The van der Waals surface area contributed by atoms with Crippen molar-refractivity contribution in [3.05, 3.63) is 53.2 Å². The molecule has 156 valence electrons. The lowest BCUT2D eigenvalue weighted by molar-refractivity contribution is -0.140. The molecule has 4 rings (SSSR count). The third kappa shape index (κ3) is 3.61. The molecular formula is C20H18ClN3O5S. The molecule has 2 N–H and O–H groups in total. The van der Waals surface area contributed by atoms with Crippen LogP contribution in [0.25, 0.3) is 22.0 Å². The SMILES string of the molecule is COC(=O)CCCc1cc2cc(Cl)ccc2n1S(=O)(=O)c1ccc2nc(N)oc2c1. The molecule has 0 radical (unpaired) electrons. The number of hydrogen-bond donors (Lipinski definition) is 1. The number of hydrogen-bond acceptors (Lipinski definition) is 7. The Morgan fingerprint density at radius 2 is 2.03 bits per heavy atom. The molecular weight excluding hydrogens is 430 g/mol. The van der Waals surface area contributed by atoms with Gasteiger partial charge in [0.05, 0.1) is 17.5 Å². The zero-order valence-corrected chi connectivity index (χ0v) is 17.5. The number of fused-ring (bicyclic) bond motifs is 2. The smallest absolute Gasteiger partial charge is 0.305 e. The van der Waals surface area contributed by atoms with E-state index in [1.165, 1.54) is 23.2 Å². The van der Waals surface area contributed by atoms with Gasteiger partial charge in [0.15, 0.2) is 5.58 Å². The Bertz CT molecular complexity index is 1370. The standard InChI is InChI=1S/C20H18ClN3O5S/c1-28-19(25)4-2-3-14-10-12-9-13(21)5-8-17(12)24(14)30(26,27)15-6-7-16-18(11-15)29-20(22)23-16/h5-11H,2-4H2,1H3,(H2,22,23). The quantitative estimate of drug-likeness (QED) is 0.447. The Morgan fingerprint density at radius 3 is 2.80 bits per heavy atom. The highest BCUT2D eigenvalue weighted by Crippen LogP contribution is 2.30. The van der Waals surface area contributed by atoms with E-state index in [9.17, 15) is 13.2 Å². The van der Waals surface area contributed by atoms with Gasteiger partial charge in [0.1, 0.15) is 5.52 Å². The molecule has 0 aliphatic rings. The molecule has 0 unspecified atom stereocenters. The lowest BCUT2D eigenvalue weighted by Crippen LogP contribution is -2.16. The second-order valence-electron chi connectivity index (χ2n) is 6.72. The summed E-state index contributed by atoms with van der Waals surface area (Å²) in [5, 5.41) is 1.18. The van der Waals surface area contributed by atoms with E-state index in [-0.39, 0.29) is 28.9 Å². The average molecular weight is 448 g/mol. The molecule has 2 aromatic carbocycles. The van der Waals surface area contributed by atoms with E-state index in [0.717, 1.165) is 0 Å². The van der Waals surface area contributed by atoms with Crippen molar-refractivity contribution < 1.29 is 22.4 Å². The molecule has 2 aromatic heterocycles. The second kappa shape index (κ2) is 7.66. The van der Waals surface area contributed by atoms with Crippen LogP contribution < -0.4 is 5.73 Å². The maximum atomic E-state index is 13.6. The van der Waals surface area contributed by atoms with Gasteiger partial charge in [0.2, 0.25) is 0 Å². The predicted molar refractivity (Wildman–Crippen MR) is 113 cm³/mol. The third-order valence-corrected chi connectivity index (χ3v) is 6.74. The summed E-state index contributed by atoms with van der Waals surface area (Å²) in [6.07, 6.45) is 0.976. The van der Waals surface area contributed by atoms with Crippen LogP contribution in [0.5, 0.6) is 0 Å². The summed E-state index contributed by atoms with van der Waals surface area (Å²) in [6.45, 7) is 0. The first-order valence-electron chi connectivity index (χ1n) is 9.08. The highest BCUT2D eigenvalue weighted by atomic mass is 35.5. The van der Waals surface area contributed by atoms with Gasteiger partial charge in [-0.2, -0.15) is 4.98 Å². The Balaban J connectivity index is 1.83. The number of anilines is 1. The zero-order chi connectivity index (χ0) is 21.5. The summed E-state index contributed by atoms with van der Waals surface area (Å²) >= 11 is 6.09. The highest BCUT2D eigenvalue weighted by molar-refractivity contribution is 7.90. The first-order chi connectivity index (χ1) is 14.3. The summed E-state index contributed by atoms with van der Waals surface area (Å²) in [7, 11) is -2.66. The second-order valence-corrected chi connectivity index (χ2v) is 8.94. The molecule has 0 aliphatic heterocycles. The van der Waals surface area contributed by atoms with Crippen LogP contribution in [0.1, 0.15) is 18.5 Å². The van der Waals surface area contributed by atoms with Crippen LogP contribution in [0.2, 0.25) is 5.02 Å². The summed E-state index contributed by atoms with van der Waals surface area (Å²) in [6, 6.07) is 11.1. The van der Waals surface area contributed by atoms with E-state index in [0.29, 0.717) is 40.0 Å². The Morgan fingerprint density at radius 1 is 1.23 bits per heavy atom. The van der Waals surface area contributed by atoms with Crippen molar-refractivity contribution in [3.8, 4) is 0 Å². The maximum Gasteiger partial charge on any atom is 0.305 e. The number of nitrogen functional groups attached to an aromatic ring is 1. The van der Waals surface area contributed by atoms with E-state index in [4.69, 9.17) is 21.8 Å². The number of oxazole rings is 1. The average Bonchev–Trinajstić information content (AvgIpc) is 3.25. The maximum absolute atomic E-state index is 13.6. The molecule has 0 atom stereocenters. The minimum atomic E-state index is -3.98. The van der Waals surface area contributed by atoms with Gasteiger partial charge in [-0.15, -0.1) is 0 Å². The van der Waals surface area contributed by atoms with Crippen LogP contribution in [-0.4, -0.2) is 30.5 Å². The van der Waals surface area contributed by atoms with Gasteiger partial charge in [0, 0.05) is 28.6 Å². The first kappa shape index (κ1) is 20.2. The molecule has 2 heterocycles. The molecule has 4 aromatic rings. The van der Waals surface area contributed by atoms with E-state index in [1.807, 2.05) is 0 Å². The van der Waals surface area contributed by atoms with Crippen molar-refractivity contribution in [2.75, 3.05) is 12.8 Å². The third-order valence-electron chi connectivity index (χ3n) is 4.75. The molecule has 0 saturated carbocycles. The Kier molecular flexibility index (Phi) is 5.17. The van der Waals surface area contributed by atoms with Gasteiger partial charge >= 0.3 is 5.97 Å². The molecule has 0 amide bonds. The minimum absolute atomic E-state index is 0.0350. The minimum Gasteiger partial charge on any atom is -0.469 e. The van der Waals surface area contributed by atoms with Crippen LogP contribution in [0, 0.1) is 0 Å². The fourth-order valence-electron chi connectivity index (χ4n) is 3.38. The van der Waals surface area contributed by atoms with E-state index < -0.39 is 10.0 Å². The molecule has 8 nitrogen and oxygen atoms in total. The van der Waals surface area contributed by atoms with Crippen molar-refractivity contribution in [3.63, 3.8) is 0 Å². The normalized spacial score (nSPS) is 11.9. The number of carbonyl (C=O) groups excluding carboxylic acids is 1. The van der Waals surface area contributed by atoms with Crippen molar-refractivity contribution in [1.82, 2.24) is 8.96 Å². The molecule has 30 heavy (non-hydrogen) atoms. The number of halogens is 1. The van der Waals surface area contributed by atoms with Crippen molar-refractivity contribution in [2.45, 2.75) is 24.2 Å². The molecule has 10 heteroatoms. The van der Waals surface area contributed by atoms with Crippen LogP contribution >= 0.6 is 11.6 Å². The van der Waals surface area contributed by atoms with Crippen molar-refractivity contribution >= 4 is 55.6 Å². The molecule has 0 saturated heterocycles. The number of nitrogens with zero attached hydrogens (tertiary/aromatic N) is 2. The topological polar surface area (TPSA) is 117 Å². The number of rotatable bonds is 6. The number of esters is 1. The summed E-state index contributed by atoms with van der Waals surface area (Å²) < 4.78 is 38.3. The van der Waals surface area contributed by atoms with Gasteiger partial charge in [-0.25, -0.2) is 12.4 Å². The van der Waals surface area contributed by atoms with Gasteiger partial charge < -0.3 is 14.9 Å². The van der Waals surface area contributed by atoms with Gasteiger partial charge in [0.25, 0.3) is 16.0 Å². The molecule has 0 fully saturated rings. The van der Waals surface area contributed by atoms with Crippen molar-refractivity contribution in [2.24, 2.45) is 0 Å². The number of nitrogens with two attached hydrogens (primary N) is 1. The van der Waals surface area contributed by atoms with E-state index >= 15 is 0 Å². The van der Waals surface area contributed by atoms with Crippen LogP contribution in [0.15, 0.2) is 51.8 Å². The molecule has 0 aliphatic carbocycles. The van der Waals surface area contributed by atoms with Crippen LogP contribution in [-0.2, 0) is 26.0 Å². The van der Waals surface area contributed by atoms with Crippen LogP contribution in [0.3, 0.4) is 0 Å². The largest absolute Gasteiger partial charge is 0.469 e. The number of methoxy groups -OCH3 is 1. The van der Waals surface area contributed by atoms with Crippen LogP contribution in [0.4, 0.5) is 6.01 Å². The molecule has 0 bridgehead atoms. The zero-order valence-electron chi connectivity index (χ0n) is 16.0. The van der Waals surface area contributed by atoms with E-state index in [1.54, 1.807) is 30.3 Å². The predicted octanol–water partition coefficient (Wildman–Crippen LogP) is 3.75. The van der Waals surface area contributed by atoms with Gasteiger partial charge in [-0.05, 0) is 49.2 Å².